The maximum Gasteiger partial charge on any atom is 0.254 e. The average Bonchev–Trinajstić information content (AvgIpc) is 3.51. The van der Waals surface area contributed by atoms with Gasteiger partial charge in [0.2, 0.25) is 0 Å². The van der Waals surface area contributed by atoms with Crippen LogP contribution >= 0.6 is 11.6 Å². The Morgan fingerprint density at radius 3 is 2.78 bits per heavy atom. The van der Waals surface area contributed by atoms with E-state index in [1.807, 2.05) is 30.3 Å². The molecule has 0 radical (unpaired) electrons. The van der Waals surface area contributed by atoms with Gasteiger partial charge in [-0.05, 0) is 60.9 Å². The Balaban J connectivity index is 1.54. The van der Waals surface area contributed by atoms with Crippen LogP contribution in [0.5, 0.6) is 11.5 Å². The number of methoxy groups -OCH3 is 1. The number of hydrogen-bond acceptors (Lipinski definition) is 5. The van der Waals surface area contributed by atoms with Crippen LogP contribution in [0.25, 0.3) is 0 Å². The van der Waals surface area contributed by atoms with E-state index in [-0.39, 0.29) is 18.6 Å². The third kappa shape index (κ3) is 5.64. The number of benzene rings is 2. The minimum Gasteiger partial charge on any atom is -0.493 e. The van der Waals surface area contributed by atoms with Gasteiger partial charge in [-0.15, -0.1) is 0 Å². The molecule has 4 rings (SSSR count). The second-order valence-corrected chi connectivity index (χ2v) is 8.12. The van der Waals surface area contributed by atoms with Crippen molar-refractivity contribution < 1.29 is 23.4 Å². The summed E-state index contributed by atoms with van der Waals surface area (Å²) in [5.41, 5.74) is 1.48. The quantitative estimate of drug-likeness (QED) is 0.435. The normalized spacial score (nSPS) is 15.5. The molecule has 1 amide bonds. The van der Waals surface area contributed by atoms with Crippen LogP contribution in [-0.2, 0) is 17.9 Å². The van der Waals surface area contributed by atoms with Crippen LogP contribution in [0.4, 0.5) is 0 Å². The molecule has 0 bridgehead atoms. The van der Waals surface area contributed by atoms with Crippen molar-refractivity contribution in [1.29, 1.82) is 0 Å². The van der Waals surface area contributed by atoms with E-state index in [0.29, 0.717) is 40.9 Å². The van der Waals surface area contributed by atoms with Crippen LogP contribution in [0.1, 0.15) is 34.5 Å². The molecule has 0 N–H and O–H groups in total. The van der Waals surface area contributed by atoms with E-state index in [9.17, 15) is 4.79 Å². The predicted molar refractivity (Wildman–Crippen MR) is 121 cm³/mol. The molecule has 1 aliphatic heterocycles. The zero-order valence-electron chi connectivity index (χ0n) is 18.0. The largest absolute Gasteiger partial charge is 0.493 e. The standard InChI is InChI=1S/C25H26ClNO5/c1-29-23-10-9-18(13-24(23)32-17-22-8-4-12-31-22)15-27(16-21-7-3-11-30-21)25(28)19-5-2-6-20(26)14-19/h2,4-6,8-10,12-14,21H,3,7,11,15-17H2,1H3/t21-/m1/s1. The Morgan fingerprint density at radius 2 is 2.06 bits per heavy atom. The smallest absolute Gasteiger partial charge is 0.254 e. The molecule has 3 aromatic rings. The van der Waals surface area contributed by atoms with E-state index in [4.69, 9.17) is 30.2 Å². The first kappa shape index (κ1) is 22.2. The molecular weight excluding hydrogens is 430 g/mol. The molecule has 1 aliphatic rings. The van der Waals surface area contributed by atoms with Crippen LogP contribution in [0, 0.1) is 0 Å². The van der Waals surface area contributed by atoms with Crippen molar-refractivity contribution in [1.82, 2.24) is 4.90 Å². The van der Waals surface area contributed by atoms with Crippen molar-refractivity contribution in [3.63, 3.8) is 0 Å². The first-order chi connectivity index (χ1) is 15.6. The fourth-order valence-electron chi connectivity index (χ4n) is 3.75. The van der Waals surface area contributed by atoms with Gasteiger partial charge in [0.25, 0.3) is 5.91 Å². The Hall–Kier alpha value is -2.96. The lowest BCUT2D eigenvalue weighted by molar-refractivity contribution is 0.0507. The Bertz CT molecular complexity index is 1030. The van der Waals surface area contributed by atoms with E-state index in [2.05, 4.69) is 0 Å². The van der Waals surface area contributed by atoms with E-state index >= 15 is 0 Å². The number of ether oxygens (including phenoxy) is 3. The van der Waals surface area contributed by atoms with E-state index in [1.165, 1.54) is 0 Å². The van der Waals surface area contributed by atoms with Crippen LogP contribution in [0.3, 0.4) is 0 Å². The van der Waals surface area contributed by atoms with Crippen molar-refractivity contribution in [3.8, 4) is 11.5 Å². The number of carbonyl (C=O) groups excluding carboxylic acids is 1. The van der Waals surface area contributed by atoms with Crippen molar-refractivity contribution in [3.05, 3.63) is 82.8 Å². The third-order valence-electron chi connectivity index (χ3n) is 5.36. The number of furan rings is 1. The maximum atomic E-state index is 13.3. The van der Waals surface area contributed by atoms with Gasteiger partial charge in [-0.3, -0.25) is 4.79 Å². The minimum atomic E-state index is -0.0862. The number of nitrogens with zero attached hydrogens (tertiary/aromatic N) is 1. The Kier molecular flexibility index (Phi) is 7.35. The maximum absolute atomic E-state index is 13.3. The predicted octanol–water partition coefficient (Wildman–Crippen LogP) is 5.34. The summed E-state index contributed by atoms with van der Waals surface area (Å²) in [5, 5.41) is 0.533. The van der Waals surface area contributed by atoms with Gasteiger partial charge in [0, 0.05) is 30.3 Å². The fourth-order valence-corrected chi connectivity index (χ4v) is 3.94. The molecule has 168 valence electrons. The van der Waals surface area contributed by atoms with E-state index < -0.39 is 0 Å². The number of rotatable bonds is 9. The van der Waals surface area contributed by atoms with Crippen LogP contribution in [0.2, 0.25) is 5.02 Å². The summed E-state index contributed by atoms with van der Waals surface area (Å²) in [6.07, 6.45) is 3.60. The lowest BCUT2D eigenvalue weighted by Gasteiger charge is -2.26. The van der Waals surface area contributed by atoms with Crippen molar-refractivity contribution in [2.45, 2.75) is 32.1 Å². The van der Waals surface area contributed by atoms with Gasteiger partial charge in [-0.1, -0.05) is 23.7 Å². The van der Waals surface area contributed by atoms with Gasteiger partial charge in [-0.25, -0.2) is 0 Å². The zero-order chi connectivity index (χ0) is 22.3. The lowest BCUT2D eigenvalue weighted by atomic mass is 10.1. The molecule has 1 atom stereocenters. The average molecular weight is 456 g/mol. The number of halogens is 1. The molecule has 2 heterocycles. The Morgan fingerprint density at radius 1 is 1.16 bits per heavy atom. The SMILES string of the molecule is COc1ccc(CN(C[C@H]2CCCO2)C(=O)c2cccc(Cl)c2)cc1OCc1ccco1. The second-order valence-electron chi connectivity index (χ2n) is 7.68. The highest BCUT2D eigenvalue weighted by molar-refractivity contribution is 6.30. The summed E-state index contributed by atoms with van der Waals surface area (Å²) in [4.78, 5) is 15.1. The summed E-state index contributed by atoms with van der Waals surface area (Å²) < 4.78 is 22.5. The molecule has 1 fully saturated rings. The molecule has 6 nitrogen and oxygen atoms in total. The van der Waals surface area contributed by atoms with Crippen LogP contribution in [-0.4, -0.2) is 37.2 Å². The summed E-state index contributed by atoms with van der Waals surface area (Å²) in [6, 6.07) is 16.4. The summed E-state index contributed by atoms with van der Waals surface area (Å²) in [6.45, 7) is 1.94. The highest BCUT2D eigenvalue weighted by Crippen LogP contribution is 2.30. The Labute approximate surface area is 192 Å². The fraction of sp³-hybridized carbons (Fsp3) is 0.320. The van der Waals surface area contributed by atoms with Gasteiger partial charge in [0.1, 0.15) is 12.4 Å². The highest BCUT2D eigenvalue weighted by atomic mass is 35.5. The number of hydrogen-bond donors (Lipinski definition) is 0. The first-order valence-electron chi connectivity index (χ1n) is 10.6. The molecule has 7 heteroatoms. The molecular formula is C25H26ClNO5. The van der Waals surface area contributed by atoms with Crippen molar-refractivity contribution in [2.24, 2.45) is 0 Å². The first-order valence-corrected chi connectivity index (χ1v) is 11.0. The second kappa shape index (κ2) is 10.6. The topological polar surface area (TPSA) is 61.1 Å². The minimum absolute atomic E-state index is 0.0334. The van der Waals surface area contributed by atoms with Crippen molar-refractivity contribution >= 4 is 17.5 Å². The monoisotopic (exact) mass is 455 g/mol. The van der Waals surface area contributed by atoms with Gasteiger partial charge in [0.05, 0.1) is 19.5 Å². The van der Waals surface area contributed by atoms with Crippen LogP contribution in [0.15, 0.2) is 65.3 Å². The van der Waals surface area contributed by atoms with Gasteiger partial charge < -0.3 is 23.5 Å². The lowest BCUT2D eigenvalue weighted by Crippen LogP contribution is -2.37. The molecule has 1 aromatic heterocycles. The molecule has 0 unspecified atom stereocenters. The van der Waals surface area contributed by atoms with Gasteiger partial charge in [0.15, 0.2) is 11.5 Å². The molecule has 0 spiro atoms. The molecule has 2 aromatic carbocycles. The summed E-state index contributed by atoms with van der Waals surface area (Å²) in [5.74, 6) is 1.84. The molecule has 0 saturated carbocycles. The third-order valence-corrected chi connectivity index (χ3v) is 5.59. The summed E-state index contributed by atoms with van der Waals surface area (Å²) >= 11 is 6.12. The highest BCUT2D eigenvalue weighted by Gasteiger charge is 2.24. The van der Waals surface area contributed by atoms with Crippen LogP contribution < -0.4 is 9.47 Å². The van der Waals surface area contributed by atoms with E-state index in [0.717, 1.165) is 25.0 Å². The number of carbonyl (C=O) groups is 1. The molecule has 32 heavy (non-hydrogen) atoms. The molecule has 0 aliphatic carbocycles. The molecule has 1 saturated heterocycles. The van der Waals surface area contributed by atoms with E-state index in [1.54, 1.807) is 42.5 Å². The number of amides is 1. The summed E-state index contributed by atoms with van der Waals surface area (Å²) in [7, 11) is 1.60. The van der Waals surface area contributed by atoms with Gasteiger partial charge in [-0.2, -0.15) is 0 Å². The van der Waals surface area contributed by atoms with Gasteiger partial charge >= 0.3 is 0 Å². The van der Waals surface area contributed by atoms with Crippen molar-refractivity contribution in [2.75, 3.05) is 20.3 Å². The zero-order valence-corrected chi connectivity index (χ0v) is 18.7.